The Balaban J connectivity index is 1.52. The third-order valence-electron chi connectivity index (χ3n) is 8.10. The molecule has 0 radical (unpaired) electrons. The Morgan fingerprint density at radius 3 is 2.55 bits per heavy atom. The molecule has 0 aromatic rings. The first-order chi connectivity index (χ1) is 14.8. The number of unbranched alkanes of at least 4 members (excludes halogenated alkanes) is 2. The molecule has 3 fully saturated rings. The summed E-state index contributed by atoms with van der Waals surface area (Å²) in [7, 11) is 1.25. The van der Waals surface area contributed by atoms with Crippen LogP contribution in [0.3, 0.4) is 0 Å². The lowest BCUT2D eigenvalue weighted by molar-refractivity contribution is -0.151. The highest BCUT2D eigenvalue weighted by Gasteiger charge is 2.48. The van der Waals surface area contributed by atoms with Crippen LogP contribution in [-0.4, -0.2) is 41.3 Å². The zero-order chi connectivity index (χ0) is 22.4. The van der Waals surface area contributed by atoms with Crippen LogP contribution in [0.25, 0.3) is 0 Å². The fraction of sp³-hybridized carbons (Fsp3) is 0.769. The van der Waals surface area contributed by atoms with Gasteiger partial charge in [-0.05, 0) is 81.5 Å². The molecule has 0 saturated heterocycles. The zero-order valence-electron chi connectivity index (χ0n) is 19.3. The number of esters is 1. The molecule has 0 aromatic heterocycles. The Kier molecular flexibility index (Phi) is 8.51. The number of carbonyl (C=O) groups is 2. The van der Waals surface area contributed by atoms with Crippen LogP contribution in [0.4, 0.5) is 0 Å². The Morgan fingerprint density at radius 1 is 1.10 bits per heavy atom. The van der Waals surface area contributed by atoms with Crippen LogP contribution in [0.5, 0.6) is 0 Å². The van der Waals surface area contributed by atoms with Gasteiger partial charge >= 0.3 is 5.97 Å². The molecular weight excluding hydrogens is 392 g/mol. The first kappa shape index (κ1) is 24.2. The summed E-state index contributed by atoms with van der Waals surface area (Å²) < 4.78 is 4.48. The molecule has 0 aliphatic heterocycles. The summed E-state index contributed by atoms with van der Waals surface area (Å²) in [5.74, 6) is 0.232. The Morgan fingerprint density at radius 2 is 1.84 bits per heavy atom. The Labute approximate surface area is 186 Å². The monoisotopic (exact) mass is 432 g/mol. The van der Waals surface area contributed by atoms with Crippen molar-refractivity contribution in [3.8, 4) is 0 Å². The van der Waals surface area contributed by atoms with Crippen LogP contribution in [0, 0.1) is 17.3 Å². The first-order valence-corrected chi connectivity index (χ1v) is 12.2. The van der Waals surface area contributed by atoms with E-state index < -0.39 is 24.0 Å². The standard InChI is InChI=1S/C26H40O5/c1-26-14-6-7-19(11-10-18-15-21(27)17-22(28)16-18)23(26)13-12-20(26)8-4-3-5-9-24(29)25(30)31-2/h10-11,20-23,27-28H,3-9,12-17H2,1-2H3/b19-11+/t20-,21+,22+,23-,26+/m0/s1. The van der Waals surface area contributed by atoms with Gasteiger partial charge in [-0.15, -0.1) is 0 Å². The molecule has 3 aliphatic rings. The first-order valence-electron chi connectivity index (χ1n) is 12.2. The number of carbonyl (C=O) groups excluding carboxylic acids is 2. The van der Waals surface area contributed by atoms with Crippen LogP contribution in [0.1, 0.15) is 90.4 Å². The van der Waals surface area contributed by atoms with Gasteiger partial charge in [0.25, 0.3) is 0 Å². The summed E-state index contributed by atoms with van der Waals surface area (Å²) in [5.41, 5.74) is 3.08. The maximum absolute atomic E-state index is 11.6. The molecule has 31 heavy (non-hydrogen) atoms. The number of aliphatic hydroxyl groups excluding tert-OH is 2. The van der Waals surface area contributed by atoms with E-state index in [0.29, 0.717) is 37.0 Å². The number of ketones is 1. The van der Waals surface area contributed by atoms with Crippen molar-refractivity contribution >= 4 is 11.8 Å². The average Bonchev–Trinajstić information content (AvgIpc) is 3.07. The van der Waals surface area contributed by atoms with Gasteiger partial charge in [0.15, 0.2) is 0 Å². The molecule has 3 rings (SSSR count). The maximum atomic E-state index is 11.6. The normalized spacial score (nSPS) is 34.5. The molecule has 3 aliphatic carbocycles. The Bertz CT molecular complexity index is 697. The van der Waals surface area contributed by atoms with Gasteiger partial charge in [-0.3, -0.25) is 4.79 Å². The summed E-state index contributed by atoms with van der Waals surface area (Å²) in [4.78, 5) is 22.8. The lowest BCUT2D eigenvalue weighted by Crippen LogP contribution is -2.33. The van der Waals surface area contributed by atoms with Crippen LogP contribution >= 0.6 is 0 Å². The number of aliphatic hydroxyl groups is 2. The van der Waals surface area contributed by atoms with Gasteiger partial charge in [-0.1, -0.05) is 43.1 Å². The smallest absolute Gasteiger partial charge is 0.374 e. The van der Waals surface area contributed by atoms with E-state index in [-0.39, 0.29) is 0 Å². The van der Waals surface area contributed by atoms with Crippen molar-refractivity contribution in [2.75, 3.05) is 7.11 Å². The SMILES string of the molecule is COC(=O)C(=O)CCCCC[C@H]1CC[C@H]2/C(=C/C=C3C[C@@H](O)C[C@H](O)C3)CCC[C@]12C. The third-order valence-corrected chi connectivity index (χ3v) is 8.10. The summed E-state index contributed by atoms with van der Waals surface area (Å²) in [6.07, 6.45) is 16.1. The molecule has 0 unspecified atom stereocenters. The molecule has 0 spiro atoms. The van der Waals surface area contributed by atoms with E-state index in [1.807, 2.05) is 0 Å². The van der Waals surface area contributed by atoms with Crippen LogP contribution < -0.4 is 0 Å². The number of allylic oxidation sites excluding steroid dienone is 3. The topological polar surface area (TPSA) is 83.8 Å². The largest absolute Gasteiger partial charge is 0.463 e. The van der Waals surface area contributed by atoms with Crippen molar-refractivity contribution in [1.29, 1.82) is 0 Å². The molecule has 2 N–H and O–H groups in total. The summed E-state index contributed by atoms with van der Waals surface area (Å²) in [6.45, 7) is 2.48. The van der Waals surface area contributed by atoms with Gasteiger partial charge in [0.05, 0.1) is 19.3 Å². The predicted molar refractivity (Wildman–Crippen MR) is 120 cm³/mol. The molecule has 5 atom stereocenters. The van der Waals surface area contributed by atoms with E-state index in [0.717, 1.165) is 31.6 Å². The minimum atomic E-state index is -0.722. The number of rotatable bonds is 8. The van der Waals surface area contributed by atoms with Gasteiger partial charge in [-0.2, -0.15) is 0 Å². The summed E-state index contributed by atoms with van der Waals surface area (Å²) in [6, 6.07) is 0. The van der Waals surface area contributed by atoms with Crippen LogP contribution in [0.15, 0.2) is 23.3 Å². The van der Waals surface area contributed by atoms with Crippen molar-refractivity contribution in [1.82, 2.24) is 0 Å². The number of ether oxygens (including phenoxy) is 1. The molecule has 0 aromatic carbocycles. The fourth-order valence-electron chi connectivity index (χ4n) is 6.42. The second-order valence-electron chi connectivity index (χ2n) is 10.2. The van der Waals surface area contributed by atoms with Gasteiger partial charge in [0.1, 0.15) is 0 Å². The number of Topliss-reactive ketones (excluding diaryl/α,β-unsaturated/α-hetero) is 1. The molecule has 5 nitrogen and oxygen atoms in total. The van der Waals surface area contributed by atoms with E-state index >= 15 is 0 Å². The van der Waals surface area contributed by atoms with Gasteiger partial charge < -0.3 is 14.9 Å². The highest BCUT2D eigenvalue weighted by Crippen LogP contribution is 2.58. The highest BCUT2D eigenvalue weighted by molar-refractivity contribution is 6.33. The molecule has 0 bridgehead atoms. The summed E-state index contributed by atoms with van der Waals surface area (Å²) >= 11 is 0. The number of methoxy groups -OCH3 is 1. The fourth-order valence-corrected chi connectivity index (χ4v) is 6.42. The number of fused-ring (bicyclic) bond motifs is 1. The van der Waals surface area contributed by atoms with Crippen molar-refractivity contribution < 1.29 is 24.5 Å². The molecule has 5 heteroatoms. The number of hydrogen-bond acceptors (Lipinski definition) is 5. The van der Waals surface area contributed by atoms with Crippen molar-refractivity contribution in [3.63, 3.8) is 0 Å². The Hall–Kier alpha value is -1.46. The number of hydrogen-bond donors (Lipinski definition) is 2. The lowest BCUT2D eigenvalue weighted by Gasteiger charge is -2.42. The second kappa shape index (κ2) is 10.9. The van der Waals surface area contributed by atoms with Crippen LogP contribution in [0.2, 0.25) is 0 Å². The molecule has 174 valence electrons. The van der Waals surface area contributed by atoms with Gasteiger partial charge in [-0.25, -0.2) is 4.79 Å². The predicted octanol–water partition coefficient (Wildman–Crippen LogP) is 4.65. The van der Waals surface area contributed by atoms with E-state index in [9.17, 15) is 19.8 Å². The average molecular weight is 433 g/mol. The molecule has 0 amide bonds. The zero-order valence-corrected chi connectivity index (χ0v) is 19.3. The van der Waals surface area contributed by atoms with Crippen molar-refractivity contribution in [2.24, 2.45) is 17.3 Å². The second-order valence-corrected chi connectivity index (χ2v) is 10.2. The van der Waals surface area contributed by atoms with Gasteiger partial charge in [0.2, 0.25) is 5.78 Å². The van der Waals surface area contributed by atoms with E-state index in [1.165, 1.54) is 44.8 Å². The molecular formula is C26H40O5. The quantitative estimate of drug-likeness (QED) is 0.331. The van der Waals surface area contributed by atoms with E-state index in [2.05, 4.69) is 23.8 Å². The minimum Gasteiger partial charge on any atom is -0.463 e. The van der Waals surface area contributed by atoms with E-state index in [4.69, 9.17) is 0 Å². The summed E-state index contributed by atoms with van der Waals surface area (Å²) in [5, 5.41) is 19.9. The van der Waals surface area contributed by atoms with E-state index in [1.54, 1.807) is 5.57 Å². The van der Waals surface area contributed by atoms with Crippen molar-refractivity contribution in [3.05, 3.63) is 23.3 Å². The highest BCUT2D eigenvalue weighted by atomic mass is 16.5. The minimum absolute atomic E-state index is 0.294. The molecule has 0 heterocycles. The van der Waals surface area contributed by atoms with Crippen molar-refractivity contribution in [2.45, 2.75) is 103 Å². The third kappa shape index (κ3) is 6.07. The maximum Gasteiger partial charge on any atom is 0.374 e. The molecule has 3 saturated carbocycles. The lowest BCUT2D eigenvalue weighted by atomic mass is 9.62. The van der Waals surface area contributed by atoms with Crippen LogP contribution in [-0.2, 0) is 14.3 Å². The van der Waals surface area contributed by atoms with Gasteiger partial charge in [0, 0.05) is 6.42 Å².